The van der Waals surface area contributed by atoms with E-state index < -0.39 is 0 Å². The van der Waals surface area contributed by atoms with Crippen molar-refractivity contribution < 1.29 is 6.17 Å². The molecule has 25 heavy (non-hydrogen) atoms. The number of aromatic nitrogens is 1. The van der Waals surface area contributed by atoms with E-state index >= 15 is 0 Å². The van der Waals surface area contributed by atoms with Crippen LogP contribution in [0.25, 0.3) is 0 Å². The molecule has 0 aliphatic rings. The molecule has 1 amide bonds. The Kier molecular flexibility index (Phi) is 4.30. The molecule has 4 heteroatoms. The van der Waals surface area contributed by atoms with E-state index in [9.17, 15) is 10.1 Å². The number of carbonyl (C=O) groups is 1. The average Bonchev–Trinajstić information content (AvgIpc) is 2.92. The summed E-state index contributed by atoms with van der Waals surface area (Å²) in [6, 6.07) is 20.5. The smallest absolute Gasteiger partial charge is 0.256 e. The van der Waals surface area contributed by atoms with Gasteiger partial charge in [-0.15, -0.1) is 0 Å². The molecule has 0 saturated heterocycles. The second kappa shape index (κ2) is 7.06. The van der Waals surface area contributed by atoms with E-state index in [-0.39, 0.29) is 18.1 Å². The topological polar surface area (TPSA) is 57.8 Å². The van der Waals surface area contributed by atoms with E-state index in [0.29, 0.717) is 22.5 Å². The Hall–Kier alpha value is -3.32. The number of hydrogen-bond acceptors (Lipinski definition) is 2. The molecule has 1 N–H and O–H groups in total. The predicted octanol–water partition coefficient (Wildman–Crippen LogP) is 4.53. The third kappa shape index (κ3) is 3.31. The SMILES string of the molecule is [2H]c1c(C)c(C#N)c(NC(=O)c2ccccc2)n1C(C)c1ccccc1. The van der Waals surface area contributed by atoms with Crippen LogP contribution in [-0.2, 0) is 0 Å². The van der Waals surface area contributed by atoms with Gasteiger partial charge in [-0.25, -0.2) is 0 Å². The number of nitrogens with zero attached hydrogens (tertiary/aromatic N) is 2. The van der Waals surface area contributed by atoms with Crippen LogP contribution in [0.2, 0.25) is 0 Å². The zero-order valence-corrected chi connectivity index (χ0v) is 14.2. The van der Waals surface area contributed by atoms with Gasteiger partial charge >= 0.3 is 0 Å². The highest BCUT2D eigenvalue weighted by molar-refractivity contribution is 6.04. The van der Waals surface area contributed by atoms with Crippen LogP contribution in [0.15, 0.2) is 66.8 Å². The van der Waals surface area contributed by atoms with Crippen LogP contribution in [-0.4, -0.2) is 10.5 Å². The summed E-state index contributed by atoms with van der Waals surface area (Å²) in [4.78, 5) is 12.6. The molecule has 1 heterocycles. The molecule has 3 rings (SSSR count). The molecule has 0 aliphatic carbocycles. The van der Waals surface area contributed by atoms with Crippen molar-refractivity contribution in [3.63, 3.8) is 0 Å². The van der Waals surface area contributed by atoms with Crippen molar-refractivity contribution in [3.05, 3.63) is 89.1 Å². The van der Waals surface area contributed by atoms with Gasteiger partial charge in [-0.3, -0.25) is 4.79 Å². The van der Waals surface area contributed by atoms with E-state index in [2.05, 4.69) is 11.4 Å². The van der Waals surface area contributed by atoms with Crippen molar-refractivity contribution in [2.75, 3.05) is 5.32 Å². The second-order valence-electron chi connectivity index (χ2n) is 5.85. The standard InChI is InChI=1S/C21H19N3O/c1-15-14-24(16(2)17-9-5-3-6-10-17)20(19(15)13-22)23-21(25)18-11-7-4-8-12-18/h3-12,14,16H,1-2H3,(H,23,25)/i14D. The van der Waals surface area contributed by atoms with Crippen molar-refractivity contribution in [2.45, 2.75) is 19.9 Å². The van der Waals surface area contributed by atoms with Gasteiger partial charge < -0.3 is 9.88 Å². The number of hydrogen-bond donors (Lipinski definition) is 1. The summed E-state index contributed by atoms with van der Waals surface area (Å²) in [5.41, 5.74) is 2.37. The van der Waals surface area contributed by atoms with Crippen molar-refractivity contribution in [1.82, 2.24) is 4.57 Å². The number of nitrogens with one attached hydrogen (secondary N) is 1. The fourth-order valence-corrected chi connectivity index (χ4v) is 2.79. The molecule has 124 valence electrons. The number of carbonyl (C=O) groups excluding carboxylic acids is 1. The number of amides is 1. The van der Waals surface area contributed by atoms with E-state index in [1.807, 2.05) is 43.3 Å². The van der Waals surface area contributed by atoms with Crippen LogP contribution >= 0.6 is 0 Å². The zero-order chi connectivity index (χ0) is 18.7. The first kappa shape index (κ1) is 15.2. The highest BCUT2D eigenvalue weighted by atomic mass is 16.1. The molecule has 2 aromatic carbocycles. The summed E-state index contributed by atoms with van der Waals surface area (Å²) in [6.07, 6.45) is 0.223. The number of anilines is 1. The Bertz CT molecular complexity index is 972. The molecule has 0 radical (unpaired) electrons. The van der Waals surface area contributed by atoms with Crippen molar-refractivity contribution >= 4 is 11.7 Å². The normalized spacial score (nSPS) is 12.1. The quantitative estimate of drug-likeness (QED) is 0.764. The molecule has 0 spiro atoms. The largest absolute Gasteiger partial charge is 0.326 e. The first-order valence-electron chi connectivity index (χ1n) is 8.57. The molecule has 0 fully saturated rings. The Balaban J connectivity index is 2.08. The van der Waals surface area contributed by atoms with Gasteiger partial charge in [-0.05, 0) is 37.1 Å². The lowest BCUT2D eigenvalue weighted by molar-refractivity contribution is 0.102. The highest BCUT2D eigenvalue weighted by Gasteiger charge is 2.20. The van der Waals surface area contributed by atoms with Gasteiger partial charge in [-0.2, -0.15) is 5.26 Å². The Morgan fingerprint density at radius 3 is 2.36 bits per heavy atom. The van der Waals surface area contributed by atoms with Crippen LogP contribution < -0.4 is 5.32 Å². The molecular weight excluding hydrogens is 310 g/mol. The molecule has 4 nitrogen and oxygen atoms in total. The zero-order valence-electron chi connectivity index (χ0n) is 15.2. The molecule has 3 aromatic rings. The monoisotopic (exact) mass is 330 g/mol. The Labute approximate surface area is 148 Å². The molecule has 1 atom stereocenters. The summed E-state index contributed by atoms with van der Waals surface area (Å²) in [7, 11) is 0. The molecule has 0 aliphatic heterocycles. The van der Waals surface area contributed by atoms with Gasteiger partial charge in [0.05, 0.1) is 13.0 Å². The lowest BCUT2D eigenvalue weighted by atomic mass is 10.1. The Morgan fingerprint density at radius 2 is 1.76 bits per heavy atom. The number of benzene rings is 2. The molecule has 1 unspecified atom stereocenters. The van der Waals surface area contributed by atoms with Gasteiger partial charge in [0.15, 0.2) is 0 Å². The summed E-state index contributed by atoms with van der Waals surface area (Å²) in [6.45, 7) is 3.68. The predicted molar refractivity (Wildman–Crippen MR) is 98.5 cm³/mol. The van der Waals surface area contributed by atoms with Crippen LogP contribution in [0.5, 0.6) is 0 Å². The first-order valence-corrected chi connectivity index (χ1v) is 8.07. The molecule has 0 bridgehead atoms. The number of nitriles is 1. The lowest BCUT2D eigenvalue weighted by Gasteiger charge is -2.18. The maximum absolute atomic E-state index is 12.6. The van der Waals surface area contributed by atoms with Crippen molar-refractivity contribution in [2.24, 2.45) is 0 Å². The summed E-state index contributed by atoms with van der Waals surface area (Å²) >= 11 is 0. The maximum atomic E-state index is 12.6. The lowest BCUT2D eigenvalue weighted by Crippen LogP contribution is -2.17. The van der Waals surface area contributed by atoms with E-state index in [0.717, 1.165) is 5.56 Å². The average molecular weight is 330 g/mol. The minimum absolute atomic E-state index is 0.199. The van der Waals surface area contributed by atoms with Crippen LogP contribution in [0.1, 0.15) is 41.4 Å². The summed E-state index contributed by atoms with van der Waals surface area (Å²) in [5.74, 6) is 0.0568. The molecule has 1 aromatic heterocycles. The molecule has 0 saturated carbocycles. The van der Waals surface area contributed by atoms with Gasteiger partial charge in [0.1, 0.15) is 11.9 Å². The van der Waals surface area contributed by atoms with Crippen molar-refractivity contribution in [3.8, 4) is 6.07 Å². The van der Waals surface area contributed by atoms with E-state index in [4.69, 9.17) is 1.37 Å². The maximum Gasteiger partial charge on any atom is 0.256 e. The minimum atomic E-state index is -0.305. The fraction of sp³-hybridized carbons (Fsp3) is 0.143. The second-order valence-corrected chi connectivity index (χ2v) is 5.85. The summed E-state index contributed by atoms with van der Waals surface area (Å²) in [5, 5.41) is 12.4. The Morgan fingerprint density at radius 1 is 1.16 bits per heavy atom. The van der Waals surface area contributed by atoms with Gasteiger partial charge in [0, 0.05) is 11.7 Å². The van der Waals surface area contributed by atoms with Crippen LogP contribution in [0.3, 0.4) is 0 Å². The third-order valence-corrected chi connectivity index (χ3v) is 4.19. The minimum Gasteiger partial charge on any atom is -0.326 e. The van der Waals surface area contributed by atoms with Gasteiger partial charge in [-0.1, -0.05) is 48.5 Å². The van der Waals surface area contributed by atoms with Gasteiger partial charge in [0.25, 0.3) is 5.91 Å². The van der Waals surface area contributed by atoms with Gasteiger partial charge in [0.2, 0.25) is 0 Å². The van der Waals surface area contributed by atoms with Crippen LogP contribution in [0.4, 0.5) is 5.82 Å². The third-order valence-electron chi connectivity index (χ3n) is 4.19. The van der Waals surface area contributed by atoms with E-state index in [1.165, 1.54) is 0 Å². The molecular formula is C21H19N3O. The van der Waals surface area contributed by atoms with Crippen LogP contribution in [0, 0.1) is 18.3 Å². The van der Waals surface area contributed by atoms with Crippen molar-refractivity contribution in [1.29, 1.82) is 5.26 Å². The van der Waals surface area contributed by atoms with E-state index in [1.54, 1.807) is 35.8 Å². The highest BCUT2D eigenvalue weighted by Crippen LogP contribution is 2.29. The fourth-order valence-electron chi connectivity index (χ4n) is 2.79. The first-order chi connectivity index (χ1) is 12.5. The summed E-state index contributed by atoms with van der Waals surface area (Å²) < 4.78 is 10.1. The number of rotatable bonds is 4.